The summed E-state index contributed by atoms with van der Waals surface area (Å²) in [5.41, 5.74) is 0.403. The van der Waals surface area contributed by atoms with Gasteiger partial charge in [0.15, 0.2) is 0 Å². The second-order valence-electron chi connectivity index (χ2n) is 7.00. The summed E-state index contributed by atoms with van der Waals surface area (Å²) in [5.74, 6) is 0.501. The minimum atomic E-state index is -3.51. The molecule has 0 saturated heterocycles. The summed E-state index contributed by atoms with van der Waals surface area (Å²) >= 11 is 0. The van der Waals surface area contributed by atoms with E-state index in [0.29, 0.717) is 18.7 Å². The van der Waals surface area contributed by atoms with E-state index in [4.69, 9.17) is 4.74 Å². The Hall–Kier alpha value is -2.90. The topological polar surface area (TPSA) is 84.5 Å². The average molecular weight is 410 g/mol. The quantitative estimate of drug-likeness (QED) is 0.559. The Morgan fingerprint density at radius 2 is 1.69 bits per heavy atom. The first-order valence-electron chi connectivity index (χ1n) is 9.54. The second-order valence-corrected chi connectivity index (χ2v) is 8.72. The van der Waals surface area contributed by atoms with Crippen LogP contribution >= 0.6 is 0 Å². The minimum absolute atomic E-state index is 0.0460. The fraction of sp³-hybridized carbons (Fsp3) is 0.227. The summed E-state index contributed by atoms with van der Waals surface area (Å²) in [7, 11) is -3.51. The molecule has 0 unspecified atom stereocenters. The van der Waals surface area contributed by atoms with Gasteiger partial charge in [-0.25, -0.2) is 13.1 Å². The Kier molecular flexibility index (Phi) is 5.51. The number of hydrogen-bond acceptors (Lipinski definition) is 4. The number of amides is 1. The van der Waals surface area contributed by atoms with E-state index < -0.39 is 10.0 Å². The van der Waals surface area contributed by atoms with Gasteiger partial charge in [-0.1, -0.05) is 36.4 Å². The molecule has 0 atom stereocenters. The van der Waals surface area contributed by atoms with Crippen LogP contribution in [-0.4, -0.2) is 33.5 Å². The van der Waals surface area contributed by atoms with Crippen LogP contribution in [0.3, 0.4) is 0 Å². The predicted octanol–water partition coefficient (Wildman–Crippen LogP) is 3.09. The third-order valence-electron chi connectivity index (χ3n) is 4.72. The van der Waals surface area contributed by atoms with Crippen LogP contribution < -0.4 is 14.8 Å². The molecule has 1 aliphatic rings. The Morgan fingerprint density at radius 3 is 2.45 bits per heavy atom. The van der Waals surface area contributed by atoms with Crippen LogP contribution in [0.15, 0.2) is 71.6 Å². The SMILES string of the molecule is O=C(NCCOc1cccc2ccccc12)c1ccc(S(=O)(=O)NC2CC2)cc1. The lowest BCUT2D eigenvalue weighted by molar-refractivity contribution is 0.0947. The molecule has 4 rings (SSSR count). The molecule has 0 radical (unpaired) electrons. The number of carbonyl (C=O) groups is 1. The molecule has 1 amide bonds. The number of benzene rings is 3. The molecule has 3 aromatic carbocycles. The van der Waals surface area contributed by atoms with Crippen LogP contribution in [-0.2, 0) is 10.0 Å². The summed E-state index contributed by atoms with van der Waals surface area (Å²) in [6.45, 7) is 0.670. The molecule has 0 spiro atoms. The maximum Gasteiger partial charge on any atom is 0.251 e. The van der Waals surface area contributed by atoms with Gasteiger partial charge in [0.2, 0.25) is 10.0 Å². The molecule has 29 heavy (non-hydrogen) atoms. The highest BCUT2D eigenvalue weighted by atomic mass is 32.2. The van der Waals surface area contributed by atoms with Gasteiger partial charge in [-0.15, -0.1) is 0 Å². The molecule has 1 aliphatic carbocycles. The highest BCUT2D eigenvalue weighted by Crippen LogP contribution is 2.25. The number of hydrogen-bond donors (Lipinski definition) is 2. The van der Waals surface area contributed by atoms with Crippen LogP contribution in [0.1, 0.15) is 23.2 Å². The van der Waals surface area contributed by atoms with Gasteiger partial charge < -0.3 is 10.1 Å². The predicted molar refractivity (Wildman–Crippen MR) is 112 cm³/mol. The van der Waals surface area contributed by atoms with Gasteiger partial charge in [-0.05, 0) is 48.6 Å². The van der Waals surface area contributed by atoms with Gasteiger partial charge in [0.1, 0.15) is 12.4 Å². The first-order chi connectivity index (χ1) is 14.0. The first-order valence-corrected chi connectivity index (χ1v) is 11.0. The van der Waals surface area contributed by atoms with E-state index in [2.05, 4.69) is 10.0 Å². The lowest BCUT2D eigenvalue weighted by atomic mass is 10.1. The molecular weight excluding hydrogens is 388 g/mol. The van der Waals surface area contributed by atoms with E-state index in [1.807, 2.05) is 42.5 Å². The third kappa shape index (κ3) is 4.75. The van der Waals surface area contributed by atoms with Gasteiger partial charge in [0.25, 0.3) is 5.91 Å². The number of rotatable bonds is 8. The van der Waals surface area contributed by atoms with Crippen molar-refractivity contribution < 1.29 is 17.9 Å². The van der Waals surface area contributed by atoms with Gasteiger partial charge in [-0.2, -0.15) is 0 Å². The number of fused-ring (bicyclic) bond motifs is 1. The number of carbonyl (C=O) groups excluding carboxylic acids is 1. The normalized spacial score (nSPS) is 13.9. The van der Waals surface area contributed by atoms with E-state index in [-0.39, 0.29) is 16.8 Å². The lowest BCUT2D eigenvalue weighted by Gasteiger charge is -2.10. The highest BCUT2D eigenvalue weighted by Gasteiger charge is 2.27. The van der Waals surface area contributed by atoms with Crippen molar-refractivity contribution in [2.24, 2.45) is 0 Å². The van der Waals surface area contributed by atoms with Crippen LogP contribution in [0.25, 0.3) is 10.8 Å². The lowest BCUT2D eigenvalue weighted by Crippen LogP contribution is -2.28. The fourth-order valence-electron chi connectivity index (χ4n) is 3.02. The van der Waals surface area contributed by atoms with Crippen LogP contribution in [0.4, 0.5) is 0 Å². The van der Waals surface area contributed by atoms with E-state index in [1.165, 1.54) is 24.3 Å². The molecule has 0 heterocycles. The highest BCUT2D eigenvalue weighted by molar-refractivity contribution is 7.89. The van der Waals surface area contributed by atoms with E-state index in [1.54, 1.807) is 0 Å². The Bertz CT molecular complexity index is 1120. The zero-order valence-electron chi connectivity index (χ0n) is 15.8. The summed E-state index contributed by atoms with van der Waals surface area (Å²) < 4.78 is 32.8. The molecule has 150 valence electrons. The Morgan fingerprint density at radius 1 is 0.966 bits per heavy atom. The van der Waals surface area contributed by atoms with Crippen LogP contribution in [0, 0.1) is 0 Å². The van der Waals surface area contributed by atoms with E-state index in [9.17, 15) is 13.2 Å². The number of nitrogens with one attached hydrogen (secondary N) is 2. The Balaban J connectivity index is 1.30. The summed E-state index contributed by atoms with van der Waals surface area (Å²) in [5, 5.41) is 4.91. The molecule has 2 N–H and O–H groups in total. The number of ether oxygens (including phenoxy) is 1. The summed E-state index contributed by atoms with van der Waals surface area (Å²) in [6, 6.07) is 19.8. The molecule has 0 aromatic heterocycles. The summed E-state index contributed by atoms with van der Waals surface area (Å²) in [4.78, 5) is 12.5. The van der Waals surface area contributed by atoms with E-state index >= 15 is 0 Å². The van der Waals surface area contributed by atoms with Gasteiger partial charge in [-0.3, -0.25) is 4.79 Å². The standard InChI is InChI=1S/C22H22N2O4S/c25-22(17-8-12-19(13-9-17)29(26,27)24-18-10-11-18)23-14-15-28-21-7-3-5-16-4-1-2-6-20(16)21/h1-9,12-13,18,24H,10-11,14-15H2,(H,23,25). The maximum absolute atomic E-state index is 12.3. The first kappa shape index (κ1) is 19.4. The zero-order valence-corrected chi connectivity index (χ0v) is 16.6. The molecule has 3 aromatic rings. The summed E-state index contributed by atoms with van der Waals surface area (Å²) in [6.07, 6.45) is 1.75. The Labute approximate surface area is 169 Å². The number of sulfonamides is 1. The molecule has 1 saturated carbocycles. The maximum atomic E-state index is 12.3. The van der Waals surface area contributed by atoms with Crippen molar-refractivity contribution in [2.75, 3.05) is 13.2 Å². The van der Waals surface area contributed by atoms with Gasteiger partial charge in [0.05, 0.1) is 11.4 Å². The van der Waals surface area contributed by atoms with Crippen molar-refractivity contribution >= 4 is 26.7 Å². The molecule has 7 heteroatoms. The molecular formula is C22H22N2O4S. The van der Waals surface area contributed by atoms with Gasteiger partial charge in [0, 0.05) is 17.0 Å². The minimum Gasteiger partial charge on any atom is -0.491 e. The van der Waals surface area contributed by atoms with Crippen molar-refractivity contribution in [2.45, 2.75) is 23.8 Å². The molecule has 0 aliphatic heterocycles. The molecule has 6 nitrogen and oxygen atoms in total. The fourth-order valence-corrected chi connectivity index (χ4v) is 4.33. The van der Waals surface area contributed by atoms with Crippen molar-refractivity contribution in [1.82, 2.24) is 10.0 Å². The largest absolute Gasteiger partial charge is 0.491 e. The van der Waals surface area contributed by atoms with Crippen molar-refractivity contribution in [1.29, 1.82) is 0 Å². The van der Waals surface area contributed by atoms with E-state index in [0.717, 1.165) is 29.4 Å². The van der Waals surface area contributed by atoms with Crippen molar-refractivity contribution in [3.63, 3.8) is 0 Å². The average Bonchev–Trinajstić information content (AvgIpc) is 3.54. The van der Waals surface area contributed by atoms with Gasteiger partial charge >= 0.3 is 0 Å². The zero-order chi connectivity index (χ0) is 20.3. The van der Waals surface area contributed by atoms with Crippen LogP contribution in [0.2, 0.25) is 0 Å². The molecule has 1 fully saturated rings. The molecule has 0 bridgehead atoms. The smallest absolute Gasteiger partial charge is 0.251 e. The second kappa shape index (κ2) is 8.23. The van der Waals surface area contributed by atoms with Crippen LogP contribution in [0.5, 0.6) is 5.75 Å². The van der Waals surface area contributed by atoms with Crippen molar-refractivity contribution in [3.05, 3.63) is 72.3 Å². The monoisotopic (exact) mass is 410 g/mol. The third-order valence-corrected chi connectivity index (χ3v) is 6.26. The van der Waals surface area contributed by atoms with Crippen molar-refractivity contribution in [3.8, 4) is 5.75 Å².